The third-order valence-electron chi connectivity index (χ3n) is 2.25. The predicted octanol–water partition coefficient (Wildman–Crippen LogP) is 2.39. The predicted molar refractivity (Wildman–Crippen MR) is 58.6 cm³/mol. The van der Waals surface area contributed by atoms with Crippen molar-refractivity contribution in [2.24, 2.45) is 0 Å². The van der Waals surface area contributed by atoms with E-state index in [2.05, 4.69) is 9.84 Å². The first-order valence-corrected chi connectivity index (χ1v) is 5.66. The van der Waals surface area contributed by atoms with Gasteiger partial charge < -0.3 is 4.74 Å². The molecule has 8 heteroatoms. The SMILES string of the molecule is CCCn1cc(C(=O)COCC(F)(F)C(F)F)cn1. The van der Waals surface area contributed by atoms with E-state index >= 15 is 0 Å². The number of ether oxygens (including phenoxy) is 1. The van der Waals surface area contributed by atoms with Gasteiger partial charge in [0, 0.05) is 12.7 Å². The van der Waals surface area contributed by atoms with Crippen LogP contribution in [0.1, 0.15) is 23.7 Å². The van der Waals surface area contributed by atoms with Crippen molar-refractivity contribution in [3.8, 4) is 0 Å². The lowest BCUT2D eigenvalue weighted by Crippen LogP contribution is -2.33. The molecule has 0 spiro atoms. The maximum atomic E-state index is 12.5. The lowest BCUT2D eigenvalue weighted by atomic mass is 10.2. The van der Waals surface area contributed by atoms with Crippen LogP contribution >= 0.6 is 0 Å². The van der Waals surface area contributed by atoms with Crippen molar-refractivity contribution in [3.63, 3.8) is 0 Å². The Morgan fingerprint density at radius 3 is 2.79 bits per heavy atom. The van der Waals surface area contributed by atoms with E-state index in [4.69, 9.17) is 0 Å². The minimum atomic E-state index is -4.24. The Morgan fingerprint density at radius 1 is 1.53 bits per heavy atom. The van der Waals surface area contributed by atoms with Crippen LogP contribution in [0.2, 0.25) is 0 Å². The molecule has 4 nitrogen and oxygen atoms in total. The number of aryl methyl sites for hydroxylation is 1. The Bertz CT molecular complexity index is 421. The van der Waals surface area contributed by atoms with Crippen molar-refractivity contribution in [1.82, 2.24) is 9.78 Å². The highest BCUT2D eigenvalue weighted by Gasteiger charge is 2.41. The average molecular weight is 282 g/mol. The summed E-state index contributed by atoms with van der Waals surface area (Å²) in [5.41, 5.74) is 0.203. The van der Waals surface area contributed by atoms with Crippen LogP contribution in [0.4, 0.5) is 17.6 Å². The van der Waals surface area contributed by atoms with E-state index in [0.717, 1.165) is 6.42 Å². The summed E-state index contributed by atoms with van der Waals surface area (Å²) < 4.78 is 54.5. The van der Waals surface area contributed by atoms with Crippen LogP contribution in [-0.4, -0.2) is 41.1 Å². The maximum Gasteiger partial charge on any atom is 0.330 e. The standard InChI is InChI=1S/C11H14F4N2O2/c1-2-3-17-5-8(4-16-17)9(18)6-19-7-11(14,15)10(12)13/h4-5,10H,2-3,6-7H2,1H3. The summed E-state index contributed by atoms with van der Waals surface area (Å²) in [4.78, 5) is 11.5. The number of aromatic nitrogens is 2. The molecule has 0 N–H and O–H groups in total. The van der Waals surface area contributed by atoms with Crippen molar-refractivity contribution >= 4 is 5.78 Å². The van der Waals surface area contributed by atoms with E-state index in [0.29, 0.717) is 6.54 Å². The molecule has 0 bridgehead atoms. The number of hydrogen-bond donors (Lipinski definition) is 0. The lowest BCUT2D eigenvalue weighted by molar-refractivity contribution is -0.163. The number of hydrogen-bond acceptors (Lipinski definition) is 3. The van der Waals surface area contributed by atoms with Gasteiger partial charge in [0.25, 0.3) is 0 Å². The van der Waals surface area contributed by atoms with Gasteiger partial charge in [-0.25, -0.2) is 8.78 Å². The molecule has 1 rings (SSSR count). The van der Waals surface area contributed by atoms with Crippen LogP contribution < -0.4 is 0 Å². The summed E-state index contributed by atoms with van der Waals surface area (Å²) in [5, 5.41) is 3.88. The summed E-state index contributed by atoms with van der Waals surface area (Å²) in [5.74, 6) is -4.82. The molecule has 0 aliphatic carbocycles. The molecule has 19 heavy (non-hydrogen) atoms. The first kappa shape index (κ1) is 15.6. The average Bonchev–Trinajstić information content (AvgIpc) is 2.77. The Hall–Kier alpha value is -1.44. The largest absolute Gasteiger partial charge is 0.367 e. The van der Waals surface area contributed by atoms with Crippen molar-refractivity contribution in [1.29, 1.82) is 0 Å². The fourth-order valence-electron chi connectivity index (χ4n) is 1.29. The number of alkyl halides is 4. The Morgan fingerprint density at radius 2 is 2.21 bits per heavy atom. The summed E-state index contributed by atoms with van der Waals surface area (Å²) in [6.45, 7) is 0.385. The van der Waals surface area contributed by atoms with Gasteiger partial charge in [0.2, 0.25) is 0 Å². The van der Waals surface area contributed by atoms with Crippen LogP contribution in [0.15, 0.2) is 12.4 Å². The van der Waals surface area contributed by atoms with Gasteiger partial charge in [0.05, 0.1) is 11.8 Å². The highest BCUT2D eigenvalue weighted by Crippen LogP contribution is 2.22. The smallest absolute Gasteiger partial charge is 0.330 e. The van der Waals surface area contributed by atoms with Gasteiger partial charge >= 0.3 is 12.3 Å². The van der Waals surface area contributed by atoms with Crippen LogP contribution in [0.25, 0.3) is 0 Å². The fraction of sp³-hybridized carbons (Fsp3) is 0.636. The van der Waals surface area contributed by atoms with Gasteiger partial charge in [-0.3, -0.25) is 9.48 Å². The number of Topliss-reactive ketones (excluding diaryl/α,β-unsaturated/α-hetero) is 1. The second kappa shape index (κ2) is 6.65. The van der Waals surface area contributed by atoms with Crippen molar-refractivity contribution in [2.45, 2.75) is 32.2 Å². The van der Waals surface area contributed by atoms with Crippen LogP contribution in [0, 0.1) is 0 Å². The quantitative estimate of drug-likeness (QED) is 0.543. The number of carbonyl (C=O) groups is 1. The fourth-order valence-corrected chi connectivity index (χ4v) is 1.29. The Labute approximate surface area is 107 Å². The Kier molecular flexibility index (Phi) is 5.46. The molecule has 0 unspecified atom stereocenters. The molecular weight excluding hydrogens is 268 g/mol. The Balaban J connectivity index is 2.43. The molecule has 0 saturated heterocycles. The maximum absolute atomic E-state index is 12.5. The third kappa shape index (κ3) is 4.62. The zero-order valence-electron chi connectivity index (χ0n) is 10.3. The van der Waals surface area contributed by atoms with Gasteiger partial charge in [-0.2, -0.15) is 13.9 Å². The van der Waals surface area contributed by atoms with Gasteiger partial charge in [-0.1, -0.05) is 6.92 Å². The summed E-state index contributed by atoms with van der Waals surface area (Å²) in [7, 11) is 0. The lowest BCUT2D eigenvalue weighted by Gasteiger charge is -2.14. The molecular formula is C11H14F4N2O2. The molecule has 0 atom stereocenters. The van der Waals surface area contributed by atoms with Crippen LogP contribution in [-0.2, 0) is 11.3 Å². The zero-order chi connectivity index (χ0) is 14.5. The number of rotatable bonds is 8. The van der Waals surface area contributed by atoms with E-state index in [9.17, 15) is 22.4 Å². The third-order valence-corrected chi connectivity index (χ3v) is 2.25. The summed E-state index contributed by atoms with van der Waals surface area (Å²) in [6.07, 6.45) is -0.241. The van der Waals surface area contributed by atoms with E-state index in [1.165, 1.54) is 17.1 Å². The van der Waals surface area contributed by atoms with E-state index < -0.39 is 31.3 Å². The van der Waals surface area contributed by atoms with Gasteiger partial charge in [-0.15, -0.1) is 0 Å². The van der Waals surface area contributed by atoms with E-state index in [1.807, 2.05) is 6.92 Å². The number of halogens is 4. The van der Waals surface area contributed by atoms with Crippen LogP contribution in [0.3, 0.4) is 0 Å². The van der Waals surface area contributed by atoms with Crippen molar-refractivity contribution < 1.29 is 27.1 Å². The topological polar surface area (TPSA) is 44.1 Å². The first-order chi connectivity index (χ1) is 8.86. The summed E-state index contributed by atoms with van der Waals surface area (Å²) in [6, 6.07) is 0. The van der Waals surface area contributed by atoms with Gasteiger partial charge in [0.15, 0.2) is 5.78 Å². The molecule has 108 valence electrons. The minimum Gasteiger partial charge on any atom is -0.367 e. The van der Waals surface area contributed by atoms with Crippen molar-refractivity contribution in [2.75, 3.05) is 13.2 Å². The number of carbonyl (C=O) groups excluding carboxylic acids is 1. The monoisotopic (exact) mass is 282 g/mol. The molecule has 1 heterocycles. The second-order valence-corrected chi connectivity index (χ2v) is 3.97. The van der Waals surface area contributed by atoms with E-state index in [1.54, 1.807) is 0 Å². The van der Waals surface area contributed by atoms with Crippen molar-refractivity contribution in [3.05, 3.63) is 18.0 Å². The van der Waals surface area contributed by atoms with Gasteiger partial charge in [0.1, 0.15) is 13.2 Å². The molecule has 0 fully saturated rings. The second-order valence-electron chi connectivity index (χ2n) is 3.97. The van der Waals surface area contributed by atoms with Gasteiger partial charge in [-0.05, 0) is 6.42 Å². The van der Waals surface area contributed by atoms with E-state index in [-0.39, 0.29) is 5.56 Å². The molecule has 0 saturated carbocycles. The summed E-state index contributed by atoms with van der Waals surface area (Å²) >= 11 is 0. The minimum absolute atomic E-state index is 0.203. The molecule has 1 aromatic heterocycles. The normalized spacial score (nSPS) is 12.1. The molecule has 1 aromatic rings. The molecule has 0 radical (unpaired) electrons. The first-order valence-electron chi connectivity index (χ1n) is 5.66. The molecule has 0 aliphatic rings. The molecule has 0 amide bonds. The number of ketones is 1. The highest BCUT2D eigenvalue weighted by molar-refractivity contribution is 5.96. The number of nitrogens with zero attached hydrogens (tertiary/aromatic N) is 2. The zero-order valence-corrected chi connectivity index (χ0v) is 10.3. The van der Waals surface area contributed by atoms with Crippen LogP contribution in [0.5, 0.6) is 0 Å². The molecule has 0 aliphatic heterocycles. The highest BCUT2D eigenvalue weighted by atomic mass is 19.3. The molecule has 0 aromatic carbocycles.